The molecule has 36 heavy (non-hydrogen) atoms. The molecule has 0 spiro atoms. The third-order valence-corrected chi connectivity index (χ3v) is 8.59. The van der Waals surface area contributed by atoms with E-state index >= 15 is 0 Å². The summed E-state index contributed by atoms with van der Waals surface area (Å²) in [6.07, 6.45) is 1.86. The Morgan fingerprint density at radius 2 is 1.69 bits per heavy atom. The second-order valence-electron chi connectivity index (χ2n) is 10.6. The minimum Gasteiger partial charge on any atom is -0.352 e. The van der Waals surface area contributed by atoms with E-state index in [0.717, 1.165) is 5.56 Å². The molecular weight excluding hydrogens is 498 g/mol. The van der Waals surface area contributed by atoms with Gasteiger partial charge in [-0.25, -0.2) is 8.42 Å². The number of hydrogen-bond donors (Lipinski definition) is 2. The maximum Gasteiger partial charge on any atom is 0.251 e. The zero-order valence-electron chi connectivity index (χ0n) is 21.2. The molecule has 9 heteroatoms. The van der Waals surface area contributed by atoms with Crippen LogP contribution in [0.2, 0.25) is 5.02 Å². The number of rotatable bonds is 8. The van der Waals surface area contributed by atoms with Gasteiger partial charge in [-0.1, -0.05) is 58.0 Å². The number of halogens is 1. The number of nitrogens with zero attached hydrogens (tertiary/aromatic N) is 1. The summed E-state index contributed by atoms with van der Waals surface area (Å²) in [6.45, 7) is 12.2. The molecule has 1 saturated heterocycles. The highest BCUT2D eigenvalue weighted by molar-refractivity contribution is 7.89. The molecule has 7 nitrogen and oxygen atoms in total. The summed E-state index contributed by atoms with van der Waals surface area (Å²) in [4.78, 5) is 24.7. The molecule has 1 fully saturated rings. The molecule has 2 aromatic carbocycles. The fourth-order valence-electron chi connectivity index (χ4n) is 5.01. The van der Waals surface area contributed by atoms with Crippen LogP contribution in [0.15, 0.2) is 66.1 Å². The Kier molecular flexibility index (Phi) is 8.33. The lowest BCUT2D eigenvalue weighted by molar-refractivity contribution is -0.120. The lowest BCUT2D eigenvalue weighted by Gasteiger charge is -2.52. The van der Waals surface area contributed by atoms with E-state index in [4.69, 9.17) is 11.6 Å². The minimum absolute atomic E-state index is 0.123. The Morgan fingerprint density at radius 1 is 1.08 bits per heavy atom. The fourth-order valence-corrected chi connectivity index (χ4v) is 7.01. The number of benzene rings is 2. The van der Waals surface area contributed by atoms with Crippen molar-refractivity contribution in [2.45, 2.75) is 45.1 Å². The smallest absolute Gasteiger partial charge is 0.251 e. The third-order valence-electron chi connectivity index (χ3n) is 6.55. The van der Waals surface area contributed by atoms with Crippen LogP contribution < -0.4 is 10.6 Å². The van der Waals surface area contributed by atoms with Gasteiger partial charge in [0.2, 0.25) is 15.9 Å². The molecule has 2 amide bonds. The first-order valence-electron chi connectivity index (χ1n) is 11.8. The molecule has 3 rings (SSSR count). The summed E-state index contributed by atoms with van der Waals surface area (Å²) >= 11 is 5.99. The number of piperidine rings is 1. The molecule has 0 aliphatic carbocycles. The quantitative estimate of drug-likeness (QED) is 0.502. The van der Waals surface area contributed by atoms with Crippen molar-refractivity contribution in [2.75, 3.05) is 19.6 Å². The van der Waals surface area contributed by atoms with E-state index < -0.39 is 20.9 Å². The zero-order valence-corrected chi connectivity index (χ0v) is 22.7. The summed E-state index contributed by atoms with van der Waals surface area (Å²) in [5.41, 5.74) is 0.363. The molecule has 2 aromatic rings. The zero-order chi connectivity index (χ0) is 26.7. The summed E-state index contributed by atoms with van der Waals surface area (Å²) in [5, 5.41) is 6.48. The highest BCUT2D eigenvalue weighted by atomic mass is 35.5. The van der Waals surface area contributed by atoms with Crippen molar-refractivity contribution in [1.29, 1.82) is 0 Å². The van der Waals surface area contributed by atoms with Gasteiger partial charge in [0.1, 0.15) is 0 Å². The normalized spacial score (nSPS) is 17.8. The third kappa shape index (κ3) is 6.35. The van der Waals surface area contributed by atoms with E-state index in [0.29, 0.717) is 23.6 Å². The maximum atomic E-state index is 13.5. The van der Waals surface area contributed by atoms with Gasteiger partial charge < -0.3 is 10.6 Å². The van der Waals surface area contributed by atoms with Crippen molar-refractivity contribution in [2.24, 2.45) is 10.8 Å². The average Bonchev–Trinajstić information content (AvgIpc) is 2.80. The van der Waals surface area contributed by atoms with Crippen LogP contribution in [-0.2, 0) is 21.2 Å². The van der Waals surface area contributed by atoms with Crippen LogP contribution in [0.1, 0.15) is 43.6 Å². The fraction of sp³-hybridized carbons (Fsp3) is 0.407. The van der Waals surface area contributed by atoms with Crippen LogP contribution in [0.25, 0.3) is 0 Å². The molecule has 0 atom stereocenters. The Labute approximate surface area is 219 Å². The Bertz CT molecular complexity index is 1220. The molecule has 2 N–H and O–H groups in total. The molecule has 0 aromatic heterocycles. The van der Waals surface area contributed by atoms with Crippen molar-refractivity contribution in [3.8, 4) is 0 Å². The van der Waals surface area contributed by atoms with Crippen molar-refractivity contribution in [1.82, 2.24) is 14.9 Å². The Balaban J connectivity index is 1.69. The monoisotopic (exact) mass is 531 g/mol. The predicted molar refractivity (Wildman–Crippen MR) is 142 cm³/mol. The largest absolute Gasteiger partial charge is 0.352 e. The summed E-state index contributed by atoms with van der Waals surface area (Å²) in [7, 11) is -3.80. The first-order chi connectivity index (χ1) is 16.8. The number of hydrogen-bond acceptors (Lipinski definition) is 4. The lowest BCUT2D eigenvalue weighted by atomic mass is 9.67. The molecule has 194 valence electrons. The van der Waals surface area contributed by atoms with Gasteiger partial charge in [0, 0.05) is 36.3 Å². The van der Waals surface area contributed by atoms with E-state index in [9.17, 15) is 18.0 Å². The first kappa shape index (κ1) is 27.9. The van der Waals surface area contributed by atoms with Crippen LogP contribution in [0.5, 0.6) is 0 Å². The van der Waals surface area contributed by atoms with Crippen molar-refractivity contribution >= 4 is 33.4 Å². The topological polar surface area (TPSA) is 95.6 Å². The van der Waals surface area contributed by atoms with Crippen molar-refractivity contribution < 1.29 is 18.0 Å². The number of carbonyl (C=O) groups excluding carboxylic acids is 2. The second kappa shape index (κ2) is 10.7. The second-order valence-corrected chi connectivity index (χ2v) is 12.9. The van der Waals surface area contributed by atoms with E-state index in [1.807, 2.05) is 45.9 Å². The molecule has 1 heterocycles. The summed E-state index contributed by atoms with van der Waals surface area (Å²) in [6, 6.07) is 13.2. The van der Waals surface area contributed by atoms with Gasteiger partial charge >= 0.3 is 0 Å². The highest BCUT2D eigenvalue weighted by Crippen LogP contribution is 2.42. The van der Waals surface area contributed by atoms with Crippen LogP contribution >= 0.6 is 11.6 Å². The van der Waals surface area contributed by atoms with Crippen LogP contribution in [0, 0.1) is 10.8 Å². The molecule has 0 saturated carbocycles. The van der Waals surface area contributed by atoms with Gasteiger partial charge in [-0.3, -0.25) is 9.59 Å². The standard InChI is InChI=1S/C27H34ClN3O4S/c1-6-23(32)30-25-26(2,3)17-31(18-27(25,4)5)36(34,35)22-12-10-20(11-13-22)24(33)29-15-14-19-8-7-9-21(28)16-19/h6-13,16,25H,1,14-15,17-18H2,2-5H3,(H,29,33)(H,30,32). The van der Waals surface area contributed by atoms with Gasteiger partial charge in [-0.2, -0.15) is 4.31 Å². The molecule has 0 radical (unpaired) electrons. The number of amides is 2. The summed E-state index contributed by atoms with van der Waals surface area (Å²) < 4.78 is 28.5. The van der Waals surface area contributed by atoms with Gasteiger partial charge in [-0.05, 0) is 65.3 Å². The van der Waals surface area contributed by atoms with Crippen LogP contribution in [-0.4, -0.2) is 50.2 Å². The van der Waals surface area contributed by atoms with Gasteiger partial charge in [0.25, 0.3) is 5.91 Å². The SMILES string of the molecule is C=CC(=O)NC1C(C)(C)CN(S(=O)(=O)c2ccc(C(=O)NCCc3cccc(Cl)c3)cc2)CC1(C)C. The Hall–Kier alpha value is -2.68. The van der Waals surface area contributed by atoms with Gasteiger partial charge in [0.05, 0.1) is 4.90 Å². The van der Waals surface area contributed by atoms with Crippen molar-refractivity contribution in [3.63, 3.8) is 0 Å². The van der Waals surface area contributed by atoms with Gasteiger partial charge in [0.15, 0.2) is 0 Å². The van der Waals surface area contributed by atoms with E-state index in [1.54, 1.807) is 6.07 Å². The summed E-state index contributed by atoms with van der Waals surface area (Å²) in [5.74, 6) is -0.555. The van der Waals surface area contributed by atoms with E-state index in [-0.39, 0.29) is 35.8 Å². The van der Waals surface area contributed by atoms with Crippen LogP contribution in [0.4, 0.5) is 0 Å². The number of nitrogens with one attached hydrogen (secondary N) is 2. The molecular formula is C27H34ClN3O4S. The molecule has 1 aliphatic rings. The average molecular weight is 532 g/mol. The van der Waals surface area contributed by atoms with E-state index in [2.05, 4.69) is 17.2 Å². The molecule has 1 aliphatic heterocycles. The van der Waals surface area contributed by atoms with E-state index in [1.165, 1.54) is 34.6 Å². The maximum absolute atomic E-state index is 13.5. The van der Waals surface area contributed by atoms with Crippen LogP contribution in [0.3, 0.4) is 0 Å². The first-order valence-corrected chi connectivity index (χ1v) is 13.6. The number of sulfonamides is 1. The minimum atomic E-state index is -3.80. The predicted octanol–water partition coefficient (Wildman–Crippen LogP) is 4.04. The van der Waals surface area contributed by atoms with Gasteiger partial charge in [-0.15, -0.1) is 0 Å². The Morgan fingerprint density at radius 3 is 2.25 bits per heavy atom. The lowest BCUT2D eigenvalue weighted by Crippen LogP contribution is -2.64. The molecule has 0 bridgehead atoms. The molecule has 0 unspecified atom stereocenters. The highest BCUT2D eigenvalue weighted by Gasteiger charge is 2.50. The number of carbonyl (C=O) groups is 2. The van der Waals surface area contributed by atoms with Crippen molar-refractivity contribution in [3.05, 3.63) is 77.3 Å².